The second-order valence-corrected chi connectivity index (χ2v) is 9.31. The van der Waals surface area contributed by atoms with Crippen molar-refractivity contribution in [1.82, 2.24) is 10.2 Å². The molecule has 146 valence electrons. The number of carbonyl (C=O) groups is 1. The monoisotopic (exact) mass is 417 g/mol. The molecule has 2 aromatic carbocycles. The van der Waals surface area contributed by atoms with Crippen LogP contribution in [0.2, 0.25) is 0 Å². The van der Waals surface area contributed by atoms with Crippen LogP contribution < -0.4 is 5.32 Å². The van der Waals surface area contributed by atoms with Crippen LogP contribution in [0.25, 0.3) is 0 Å². The summed E-state index contributed by atoms with van der Waals surface area (Å²) in [4.78, 5) is 13.3. The van der Waals surface area contributed by atoms with E-state index in [1.807, 2.05) is 31.2 Å². The predicted octanol–water partition coefficient (Wildman–Crippen LogP) is 3.10. The van der Waals surface area contributed by atoms with Crippen molar-refractivity contribution in [3.8, 4) is 0 Å². The standard InChI is InChI=1S/C19H19N3O4S2/c1-13-3-7-15(8-4-13)27-12-17(23)20-19-22-21-18(26-19)11-14-5-9-16(10-6-14)28(2,24)25/h3-10H,11-12H2,1-2H3,(H,20,22,23). The van der Waals surface area contributed by atoms with Gasteiger partial charge in [0.15, 0.2) is 9.84 Å². The number of carbonyl (C=O) groups excluding carboxylic acids is 1. The van der Waals surface area contributed by atoms with Gasteiger partial charge < -0.3 is 4.42 Å². The summed E-state index contributed by atoms with van der Waals surface area (Å²) in [6.07, 6.45) is 1.50. The molecule has 0 atom stereocenters. The summed E-state index contributed by atoms with van der Waals surface area (Å²) in [5, 5.41) is 10.3. The van der Waals surface area contributed by atoms with Crippen molar-refractivity contribution in [1.29, 1.82) is 0 Å². The van der Waals surface area contributed by atoms with Gasteiger partial charge in [0.1, 0.15) is 0 Å². The van der Waals surface area contributed by atoms with Crippen molar-refractivity contribution in [3.05, 3.63) is 65.5 Å². The average molecular weight is 418 g/mol. The third-order valence-electron chi connectivity index (χ3n) is 3.81. The summed E-state index contributed by atoms with van der Waals surface area (Å²) >= 11 is 1.42. The number of nitrogens with one attached hydrogen (secondary N) is 1. The van der Waals surface area contributed by atoms with E-state index in [9.17, 15) is 13.2 Å². The van der Waals surface area contributed by atoms with Crippen molar-refractivity contribution in [2.75, 3.05) is 17.3 Å². The molecular formula is C19H19N3O4S2. The number of hydrogen-bond acceptors (Lipinski definition) is 7. The van der Waals surface area contributed by atoms with Gasteiger partial charge in [-0.2, -0.15) is 0 Å². The van der Waals surface area contributed by atoms with Crippen LogP contribution in [0.4, 0.5) is 6.01 Å². The Bertz CT molecular complexity index is 1060. The highest BCUT2D eigenvalue weighted by Crippen LogP contribution is 2.19. The summed E-state index contributed by atoms with van der Waals surface area (Å²) in [6.45, 7) is 2.01. The molecule has 3 aromatic rings. The Hall–Kier alpha value is -2.65. The van der Waals surface area contributed by atoms with Gasteiger partial charge in [-0.25, -0.2) is 8.42 Å². The van der Waals surface area contributed by atoms with E-state index in [1.165, 1.54) is 23.9 Å². The van der Waals surface area contributed by atoms with Crippen molar-refractivity contribution >= 4 is 33.5 Å². The minimum atomic E-state index is -3.23. The third kappa shape index (κ3) is 5.67. The zero-order valence-corrected chi connectivity index (χ0v) is 17.0. The number of aromatic nitrogens is 2. The first-order chi connectivity index (χ1) is 13.3. The molecule has 0 saturated carbocycles. The van der Waals surface area contributed by atoms with Crippen LogP contribution in [0.15, 0.2) is 62.7 Å². The van der Waals surface area contributed by atoms with Gasteiger partial charge in [0, 0.05) is 11.2 Å². The molecule has 0 bridgehead atoms. The van der Waals surface area contributed by atoms with Crippen LogP contribution in [0, 0.1) is 6.92 Å². The largest absolute Gasteiger partial charge is 0.407 e. The molecule has 1 heterocycles. The predicted molar refractivity (Wildman–Crippen MR) is 107 cm³/mol. The van der Waals surface area contributed by atoms with E-state index >= 15 is 0 Å². The molecule has 0 saturated heterocycles. The molecule has 0 aliphatic carbocycles. The maximum atomic E-state index is 12.0. The molecule has 0 unspecified atom stereocenters. The Morgan fingerprint density at radius 3 is 2.39 bits per heavy atom. The Morgan fingerprint density at radius 1 is 1.07 bits per heavy atom. The van der Waals surface area contributed by atoms with Gasteiger partial charge in [-0.05, 0) is 36.8 Å². The van der Waals surface area contributed by atoms with E-state index in [0.717, 1.165) is 22.3 Å². The van der Waals surface area contributed by atoms with Crippen LogP contribution in [-0.2, 0) is 21.1 Å². The normalized spacial score (nSPS) is 11.4. The van der Waals surface area contributed by atoms with E-state index in [-0.39, 0.29) is 22.6 Å². The minimum Gasteiger partial charge on any atom is -0.407 e. The molecule has 0 fully saturated rings. The lowest BCUT2D eigenvalue weighted by atomic mass is 10.1. The quantitative estimate of drug-likeness (QED) is 0.589. The number of amides is 1. The summed E-state index contributed by atoms with van der Waals surface area (Å²) in [5.74, 6) is 0.320. The molecule has 7 nitrogen and oxygen atoms in total. The van der Waals surface area contributed by atoms with Crippen LogP contribution in [0.1, 0.15) is 17.0 Å². The van der Waals surface area contributed by atoms with E-state index in [1.54, 1.807) is 12.1 Å². The molecule has 1 N–H and O–H groups in total. The lowest BCUT2D eigenvalue weighted by Gasteiger charge is -2.02. The van der Waals surface area contributed by atoms with Gasteiger partial charge >= 0.3 is 6.01 Å². The summed E-state index contributed by atoms with van der Waals surface area (Å²) in [5.41, 5.74) is 1.99. The number of benzene rings is 2. The second-order valence-electron chi connectivity index (χ2n) is 6.24. The van der Waals surface area contributed by atoms with Gasteiger partial charge in [-0.15, -0.1) is 16.9 Å². The highest BCUT2D eigenvalue weighted by molar-refractivity contribution is 8.00. The molecule has 1 amide bonds. The maximum Gasteiger partial charge on any atom is 0.322 e. The summed E-state index contributed by atoms with van der Waals surface area (Å²) < 4.78 is 28.4. The molecule has 0 spiro atoms. The van der Waals surface area contributed by atoms with E-state index in [4.69, 9.17) is 4.42 Å². The van der Waals surface area contributed by atoms with Crippen LogP contribution >= 0.6 is 11.8 Å². The van der Waals surface area contributed by atoms with Gasteiger partial charge in [0.2, 0.25) is 11.8 Å². The zero-order valence-electron chi connectivity index (χ0n) is 15.4. The molecule has 0 radical (unpaired) electrons. The number of thioether (sulfide) groups is 1. The Morgan fingerprint density at radius 2 is 1.75 bits per heavy atom. The lowest BCUT2D eigenvalue weighted by molar-refractivity contribution is -0.113. The number of aryl methyl sites for hydroxylation is 1. The molecule has 0 aliphatic heterocycles. The molecule has 9 heteroatoms. The fraction of sp³-hybridized carbons (Fsp3) is 0.211. The molecular weight excluding hydrogens is 398 g/mol. The number of nitrogens with zero attached hydrogens (tertiary/aromatic N) is 2. The number of hydrogen-bond donors (Lipinski definition) is 1. The first kappa shape index (κ1) is 20.1. The first-order valence-electron chi connectivity index (χ1n) is 8.40. The fourth-order valence-corrected chi connectivity index (χ4v) is 3.67. The second kappa shape index (κ2) is 8.57. The molecule has 28 heavy (non-hydrogen) atoms. The third-order valence-corrected chi connectivity index (χ3v) is 5.95. The van der Waals surface area contributed by atoms with Crippen LogP contribution in [0.5, 0.6) is 0 Å². The van der Waals surface area contributed by atoms with Crippen LogP contribution in [0.3, 0.4) is 0 Å². The number of rotatable bonds is 7. The maximum absolute atomic E-state index is 12.0. The van der Waals surface area contributed by atoms with Gasteiger partial charge in [0.25, 0.3) is 0 Å². The highest BCUT2D eigenvalue weighted by Gasteiger charge is 2.12. The van der Waals surface area contributed by atoms with Crippen molar-refractivity contribution in [2.45, 2.75) is 23.1 Å². The summed E-state index contributed by atoms with van der Waals surface area (Å²) in [7, 11) is -3.23. The fourth-order valence-electron chi connectivity index (χ4n) is 2.34. The Kier molecular flexibility index (Phi) is 6.15. The van der Waals surface area contributed by atoms with Crippen molar-refractivity contribution in [2.24, 2.45) is 0 Å². The topological polar surface area (TPSA) is 102 Å². The highest BCUT2D eigenvalue weighted by atomic mass is 32.2. The molecule has 3 rings (SSSR count). The zero-order chi connectivity index (χ0) is 20.1. The van der Waals surface area contributed by atoms with E-state index < -0.39 is 9.84 Å². The van der Waals surface area contributed by atoms with Crippen molar-refractivity contribution in [3.63, 3.8) is 0 Å². The first-order valence-corrected chi connectivity index (χ1v) is 11.3. The van der Waals surface area contributed by atoms with E-state index in [0.29, 0.717) is 12.3 Å². The van der Waals surface area contributed by atoms with Gasteiger partial charge in [-0.3, -0.25) is 10.1 Å². The number of sulfone groups is 1. The minimum absolute atomic E-state index is 0.0391. The number of anilines is 1. The van der Waals surface area contributed by atoms with Crippen LogP contribution in [-0.4, -0.2) is 36.5 Å². The average Bonchev–Trinajstić information content (AvgIpc) is 3.07. The molecule has 0 aliphatic rings. The smallest absolute Gasteiger partial charge is 0.322 e. The van der Waals surface area contributed by atoms with Gasteiger partial charge in [0.05, 0.1) is 17.1 Å². The van der Waals surface area contributed by atoms with Gasteiger partial charge in [-0.1, -0.05) is 34.9 Å². The van der Waals surface area contributed by atoms with Crippen molar-refractivity contribution < 1.29 is 17.6 Å². The lowest BCUT2D eigenvalue weighted by Crippen LogP contribution is -2.14. The SMILES string of the molecule is Cc1ccc(SCC(=O)Nc2nnc(Cc3ccc(S(C)(=O)=O)cc3)o2)cc1. The molecule has 1 aromatic heterocycles. The summed E-state index contributed by atoms with van der Waals surface area (Å²) in [6, 6.07) is 14.4. The Balaban J connectivity index is 1.53. The van der Waals surface area contributed by atoms with E-state index in [2.05, 4.69) is 15.5 Å². The Labute approximate surface area is 167 Å².